The lowest BCUT2D eigenvalue weighted by Crippen LogP contribution is -1.97. The lowest BCUT2D eigenvalue weighted by atomic mass is 10.0. The summed E-state index contributed by atoms with van der Waals surface area (Å²) in [5.41, 5.74) is 1.15. The first kappa shape index (κ1) is 11.2. The average molecular weight is 302 g/mol. The van der Waals surface area contributed by atoms with E-state index in [0.29, 0.717) is 12.0 Å². The van der Waals surface area contributed by atoms with Gasteiger partial charge in [-0.25, -0.2) is 0 Å². The van der Waals surface area contributed by atoms with Gasteiger partial charge in [0.1, 0.15) is 5.75 Å². The van der Waals surface area contributed by atoms with Crippen molar-refractivity contribution in [3.8, 4) is 5.75 Å². The molecule has 1 N–H and O–H groups in total. The van der Waals surface area contributed by atoms with Crippen LogP contribution in [-0.4, -0.2) is 10.9 Å². The first-order valence-electron chi connectivity index (χ1n) is 4.20. The van der Waals surface area contributed by atoms with Crippen LogP contribution >= 0.6 is 22.6 Å². The van der Waals surface area contributed by atoms with Crippen LogP contribution in [0.5, 0.6) is 5.75 Å². The minimum Gasteiger partial charge on any atom is -0.507 e. The Morgan fingerprint density at radius 2 is 2.29 bits per heavy atom. The molecule has 3 heteroatoms. The van der Waals surface area contributed by atoms with Crippen LogP contribution in [0.15, 0.2) is 24.8 Å². The topological polar surface area (TPSA) is 37.3 Å². The summed E-state index contributed by atoms with van der Waals surface area (Å²) in [5.74, 6) is -0.0338. The number of benzene rings is 1. The quantitative estimate of drug-likeness (QED) is 0.529. The van der Waals surface area contributed by atoms with Crippen LogP contribution in [0.25, 0.3) is 0 Å². The Kier molecular flexibility index (Phi) is 3.69. The van der Waals surface area contributed by atoms with Crippen LogP contribution in [-0.2, 0) is 6.42 Å². The van der Waals surface area contributed by atoms with Crippen molar-refractivity contribution in [1.82, 2.24) is 0 Å². The normalized spacial score (nSPS) is 9.86. The molecule has 0 spiro atoms. The highest BCUT2D eigenvalue weighted by Crippen LogP contribution is 2.28. The number of halogens is 1. The van der Waals surface area contributed by atoms with Crippen LogP contribution in [0.4, 0.5) is 0 Å². The number of Topliss-reactive ketones (excluding diaryl/α,β-unsaturated/α-hetero) is 1. The molecule has 1 aromatic carbocycles. The fourth-order valence-electron chi connectivity index (χ4n) is 1.23. The Morgan fingerprint density at radius 1 is 1.64 bits per heavy atom. The molecule has 0 fully saturated rings. The SMILES string of the molecule is C=CCc1c(I)ccc(C(C)=O)c1O. The molecule has 0 bridgehead atoms. The number of allylic oxidation sites excluding steroid dienone is 1. The smallest absolute Gasteiger partial charge is 0.163 e. The Bertz CT molecular complexity index is 383. The van der Waals surface area contributed by atoms with Gasteiger partial charge in [0, 0.05) is 9.13 Å². The Morgan fingerprint density at radius 3 is 2.79 bits per heavy atom. The molecule has 0 saturated carbocycles. The number of ketones is 1. The first-order valence-corrected chi connectivity index (χ1v) is 5.28. The summed E-state index contributed by atoms with van der Waals surface area (Å²) < 4.78 is 0.949. The second-order valence-electron chi connectivity index (χ2n) is 2.97. The second-order valence-corrected chi connectivity index (χ2v) is 4.13. The third kappa shape index (κ3) is 2.15. The van der Waals surface area contributed by atoms with Gasteiger partial charge in [-0.05, 0) is 48.1 Å². The molecule has 0 radical (unpaired) electrons. The molecular weight excluding hydrogens is 291 g/mol. The summed E-state index contributed by atoms with van der Waals surface area (Å²) >= 11 is 2.13. The van der Waals surface area contributed by atoms with Crippen molar-refractivity contribution in [2.24, 2.45) is 0 Å². The zero-order valence-electron chi connectivity index (χ0n) is 7.88. The molecule has 14 heavy (non-hydrogen) atoms. The van der Waals surface area contributed by atoms with Crippen LogP contribution in [0.1, 0.15) is 22.8 Å². The van der Waals surface area contributed by atoms with Crippen molar-refractivity contribution in [3.05, 3.63) is 39.5 Å². The average Bonchev–Trinajstić information content (AvgIpc) is 2.11. The number of carbonyl (C=O) groups excluding carboxylic acids is 1. The molecule has 74 valence electrons. The van der Waals surface area contributed by atoms with Crippen molar-refractivity contribution in [2.45, 2.75) is 13.3 Å². The lowest BCUT2D eigenvalue weighted by molar-refractivity contribution is 0.101. The summed E-state index contributed by atoms with van der Waals surface area (Å²) in [7, 11) is 0. The van der Waals surface area contributed by atoms with E-state index in [0.717, 1.165) is 9.13 Å². The molecular formula is C11H11IO2. The maximum Gasteiger partial charge on any atom is 0.163 e. The lowest BCUT2D eigenvalue weighted by Gasteiger charge is -2.08. The number of hydrogen-bond donors (Lipinski definition) is 1. The molecule has 0 unspecified atom stereocenters. The number of phenols is 1. The van der Waals surface area contributed by atoms with Gasteiger partial charge in [-0.15, -0.1) is 6.58 Å². The summed E-state index contributed by atoms with van der Waals surface area (Å²) in [6.45, 7) is 5.06. The number of hydrogen-bond acceptors (Lipinski definition) is 2. The van der Waals surface area contributed by atoms with E-state index in [2.05, 4.69) is 29.2 Å². The highest BCUT2D eigenvalue weighted by atomic mass is 127. The molecule has 0 amide bonds. The summed E-state index contributed by atoms with van der Waals surface area (Å²) in [4.78, 5) is 11.1. The minimum absolute atomic E-state index is 0.0873. The fraction of sp³-hybridized carbons (Fsp3) is 0.182. The molecule has 0 atom stereocenters. The van der Waals surface area contributed by atoms with Crippen LogP contribution < -0.4 is 0 Å². The van der Waals surface area contributed by atoms with E-state index >= 15 is 0 Å². The van der Waals surface area contributed by atoms with Gasteiger partial charge in [-0.1, -0.05) is 6.08 Å². The zero-order chi connectivity index (χ0) is 10.7. The second kappa shape index (κ2) is 4.59. The molecule has 0 heterocycles. The van der Waals surface area contributed by atoms with Gasteiger partial charge in [0.2, 0.25) is 0 Å². The van der Waals surface area contributed by atoms with E-state index in [4.69, 9.17) is 0 Å². The summed E-state index contributed by atoms with van der Waals surface area (Å²) in [5, 5.41) is 9.80. The molecule has 0 saturated heterocycles. The van der Waals surface area contributed by atoms with Gasteiger partial charge in [0.15, 0.2) is 5.78 Å². The van der Waals surface area contributed by atoms with E-state index in [1.54, 1.807) is 12.1 Å². The molecule has 0 aliphatic heterocycles. The predicted octanol–water partition coefficient (Wildman–Crippen LogP) is 2.93. The highest BCUT2D eigenvalue weighted by Gasteiger charge is 2.12. The molecule has 1 aromatic rings. The van der Waals surface area contributed by atoms with Crippen molar-refractivity contribution >= 4 is 28.4 Å². The van der Waals surface area contributed by atoms with Gasteiger partial charge in [0.25, 0.3) is 0 Å². The Hall–Kier alpha value is -0.840. The highest BCUT2D eigenvalue weighted by molar-refractivity contribution is 14.1. The maximum atomic E-state index is 11.1. The van der Waals surface area contributed by atoms with E-state index < -0.39 is 0 Å². The number of aromatic hydroxyl groups is 1. The maximum absolute atomic E-state index is 11.1. The molecule has 1 rings (SSSR count). The predicted molar refractivity (Wildman–Crippen MR) is 64.7 cm³/mol. The van der Waals surface area contributed by atoms with Crippen molar-refractivity contribution in [3.63, 3.8) is 0 Å². The third-order valence-corrected chi connectivity index (χ3v) is 2.96. The van der Waals surface area contributed by atoms with Crippen LogP contribution in [0.3, 0.4) is 0 Å². The zero-order valence-corrected chi connectivity index (χ0v) is 10.0. The largest absolute Gasteiger partial charge is 0.507 e. The fourth-order valence-corrected chi connectivity index (χ4v) is 1.89. The Labute approximate surface area is 96.8 Å². The van der Waals surface area contributed by atoms with E-state index in [1.165, 1.54) is 6.92 Å². The molecule has 2 nitrogen and oxygen atoms in total. The van der Waals surface area contributed by atoms with Gasteiger partial charge in [-0.2, -0.15) is 0 Å². The van der Waals surface area contributed by atoms with E-state index in [1.807, 2.05) is 6.07 Å². The number of rotatable bonds is 3. The Balaban J connectivity index is 3.32. The monoisotopic (exact) mass is 302 g/mol. The van der Waals surface area contributed by atoms with Gasteiger partial charge in [-0.3, -0.25) is 4.79 Å². The van der Waals surface area contributed by atoms with Crippen LogP contribution in [0, 0.1) is 3.57 Å². The number of phenolic OH excluding ortho intramolecular Hbond substituents is 1. The van der Waals surface area contributed by atoms with Crippen LogP contribution in [0.2, 0.25) is 0 Å². The van der Waals surface area contributed by atoms with Gasteiger partial charge < -0.3 is 5.11 Å². The molecule has 0 aliphatic carbocycles. The third-order valence-electron chi connectivity index (χ3n) is 1.95. The van der Waals surface area contributed by atoms with Crippen molar-refractivity contribution in [1.29, 1.82) is 0 Å². The minimum atomic E-state index is -0.121. The van der Waals surface area contributed by atoms with Crippen molar-refractivity contribution in [2.75, 3.05) is 0 Å². The molecule has 0 aliphatic rings. The standard InChI is InChI=1S/C11H11IO2/c1-3-4-9-10(12)6-5-8(7(2)13)11(9)14/h3,5-6,14H,1,4H2,2H3. The van der Waals surface area contributed by atoms with Gasteiger partial charge in [0.05, 0.1) is 5.56 Å². The van der Waals surface area contributed by atoms with E-state index in [9.17, 15) is 9.90 Å². The first-order chi connectivity index (χ1) is 6.57. The number of carbonyl (C=O) groups is 1. The summed E-state index contributed by atoms with van der Waals surface area (Å²) in [6, 6.07) is 3.47. The van der Waals surface area contributed by atoms with Crippen molar-refractivity contribution < 1.29 is 9.90 Å². The summed E-state index contributed by atoms with van der Waals surface area (Å²) in [6.07, 6.45) is 2.28. The van der Waals surface area contributed by atoms with E-state index in [-0.39, 0.29) is 11.5 Å². The van der Waals surface area contributed by atoms with Gasteiger partial charge >= 0.3 is 0 Å². The molecule has 0 aromatic heterocycles.